The number of hydrogen-bond donors (Lipinski definition) is 3. The average molecular weight is 303 g/mol. The normalized spacial score (nSPS) is 20.7. The van der Waals surface area contributed by atoms with Gasteiger partial charge in [-0.05, 0) is 25.7 Å². The second-order valence-corrected chi connectivity index (χ2v) is 6.63. The molecule has 110 valence electrons. The summed E-state index contributed by atoms with van der Waals surface area (Å²) in [6.07, 6.45) is 6.88. The third-order valence-corrected chi connectivity index (χ3v) is 5.20. The van der Waals surface area contributed by atoms with E-state index in [0.717, 1.165) is 29.4 Å². The number of anilines is 1. The molecular formula is C14H17N5OS. The molecule has 4 rings (SSSR count). The molecule has 1 aliphatic heterocycles. The Morgan fingerprint density at radius 3 is 3.14 bits per heavy atom. The van der Waals surface area contributed by atoms with Crippen LogP contribution in [0.1, 0.15) is 34.8 Å². The van der Waals surface area contributed by atoms with E-state index >= 15 is 0 Å². The van der Waals surface area contributed by atoms with Gasteiger partial charge >= 0.3 is 0 Å². The summed E-state index contributed by atoms with van der Waals surface area (Å²) >= 11 is 1.62. The number of hydrogen-bond acceptors (Lipinski definition) is 5. The molecule has 0 aromatic carbocycles. The molecule has 7 heteroatoms. The summed E-state index contributed by atoms with van der Waals surface area (Å²) < 4.78 is 0. The van der Waals surface area contributed by atoms with Crippen molar-refractivity contribution in [2.45, 2.75) is 44.7 Å². The van der Waals surface area contributed by atoms with E-state index in [9.17, 15) is 4.79 Å². The Kier molecular flexibility index (Phi) is 3.23. The third kappa shape index (κ3) is 2.47. The van der Waals surface area contributed by atoms with Crippen LogP contribution in [0.3, 0.4) is 0 Å². The lowest BCUT2D eigenvalue weighted by atomic mass is 10.0. The Morgan fingerprint density at radius 1 is 1.33 bits per heavy atom. The highest BCUT2D eigenvalue weighted by Gasteiger charge is 2.26. The van der Waals surface area contributed by atoms with E-state index in [1.807, 2.05) is 0 Å². The summed E-state index contributed by atoms with van der Waals surface area (Å²) in [4.78, 5) is 25.6. The largest absolute Gasteiger partial charge is 0.347 e. The SMILES string of the molecule is O=C(Nc1nc2c(s1)CCCC2)C1Cc2nc[nH]c2CN1. The van der Waals surface area contributed by atoms with Crippen LogP contribution in [0.5, 0.6) is 0 Å². The Bertz CT molecular complexity index is 653. The van der Waals surface area contributed by atoms with Crippen LogP contribution < -0.4 is 10.6 Å². The number of rotatable bonds is 2. The molecule has 2 aliphatic rings. The van der Waals surface area contributed by atoms with E-state index in [4.69, 9.17) is 0 Å². The predicted octanol–water partition coefficient (Wildman–Crippen LogP) is 1.40. The van der Waals surface area contributed by atoms with Crippen LogP contribution in [0.15, 0.2) is 6.33 Å². The van der Waals surface area contributed by atoms with Crippen LogP contribution in [0.2, 0.25) is 0 Å². The molecule has 1 atom stereocenters. The van der Waals surface area contributed by atoms with Crippen LogP contribution in [0.25, 0.3) is 0 Å². The maximum absolute atomic E-state index is 12.4. The molecule has 0 saturated heterocycles. The first kappa shape index (κ1) is 13.0. The third-order valence-electron chi connectivity index (χ3n) is 4.12. The molecule has 0 spiro atoms. The maximum atomic E-state index is 12.4. The fraction of sp³-hybridized carbons (Fsp3) is 0.500. The van der Waals surface area contributed by atoms with Gasteiger partial charge < -0.3 is 10.3 Å². The van der Waals surface area contributed by atoms with E-state index < -0.39 is 0 Å². The Hall–Kier alpha value is -1.73. The van der Waals surface area contributed by atoms with Crippen LogP contribution in [-0.2, 0) is 30.6 Å². The molecular weight excluding hydrogens is 286 g/mol. The monoisotopic (exact) mass is 303 g/mol. The second kappa shape index (κ2) is 5.23. The topological polar surface area (TPSA) is 82.7 Å². The second-order valence-electron chi connectivity index (χ2n) is 5.55. The minimum atomic E-state index is -0.235. The minimum absolute atomic E-state index is 0.0188. The van der Waals surface area contributed by atoms with Crippen molar-refractivity contribution >= 4 is 22.4 Å². The summed E-state index contributed by atoms with van der Waals surface area (Å²) in [5.41, 5.74) is 3.23. The number of carbonyl (C=O) groups is 1. The van der Waals surface area contributed by atoms with Gasteiger partial charge in [0.2, 0.25) is 5.91 Å². The van der Waals surface area contributed by atoms with Gasteiger partial charge in [0.1, 0.15) is 0 Å². The number of amides is 1. The number of nitrogens with one attached hydrogen (secondary N) is 3. The van der Waals surface area contributed by atoms with Gasteiger partial charge in [0, 0.05) is 17.8 Å². The lowest BCUT2D eigenvalue weighted by molar-refractivity contribution is -0.118. The van der Waals surface area contributed by atoms with Crippen molar-refractivity contribution in [3.05, 3.63) is 28.3 Å². The van der Waals surface area contributed by atoms with Crippen LogP contribution >= 0.6 is 11.3 Å². The number of aryl methyl sites for hydroxylation is 2. The number of imidazole rings is 1. The van der Waals surface area contributed by atoms with E-state index in [0.29, 0.717) is 13.0 Å². The molecule has 1 unspecified atom stereocenters. The summed E-state index contributed by atoms with van der Waals surface area (Å²) in [5.74, 6) is -0.0188. The molecule has 6 nitrogen and oxygen atoms in total. The van der Waals surface area contributed by atoms with Gasteiger partial charge in [-0.3, -0.25) is 10.1 Å². The summed E-state index contributed by atoms with van der Waals surface area (Å²) in [6, 6.07) is -0.235. The van der Waals surface area contributed by atoms with Crippen molar-refractivity contribution in [1.29, 1.82) is 0 Å². The van der Waals surface area contributed by atoms with Crippen molar-refractivity contribution in [2.75, 3.05) is 5.32 Å². The summed E-state index contributed by atoms with van der Waals surface area (Å²) in [7, 11) is 0. The molecule has 2 aromatic heterocycles. The van der Waals surface area contributed by atoms with Gasteiger partial charge in [-0.1, -0.05) is 0 Å². The molecule has 0 radical (unpaired) electrons. The molecule has 3 heterocycles. The molecule has 3 N–H and O–H groups in total. The Morgan fingerprint density at radius 2 is 2.24 bits per heavy atom. The molecule has 1 aliphatic carbocycles. The Labute approximate surface area is 126 Å². The standard InChI is InChI=1S/C14H17N5OS/c20-13(10-5-9-11(6-15-10)17-7-16-9)19-14-18-8-3-1-2-4-12(8)21-14/h7,10,15H,1-6H2,(H,16,17)(H,18,19,20). The first-order valence-corrected chi connectivity index (χ1v) is 8.15. The molecule has 1 amide bonds. The van der Waals surface area contributed by atoms with Gasteiger partial charge in [-0.2, -0.15) is 0 Å². The zero-order valence-electron chi connectivity index (χ0n) is 11.6. The fourth-order valence-corrected chi connectivity index (χ4v) is 4.01. The lowest BCUT2D eigenvalue weighted by Crippen LogP contribution is -2.44. The summed E-state index contributed by atoms with van der Waals surface area (Å²) in [5, 5.41) is 6.93. The first-order chi connectivity index (χ1) is 10.3. The molecule has 2 aromatic rings. The zero-order chi connectivity index (χ0) is 14.2. The number of aromatic amines is 1. The molecule has 0 bridgehead atoms. The Balaban J connectivity index is 1.45. The predicted molar refractivity (Wildman–Crippen MR) is 80.3 cm³/mol. The maximum Gasteiger partial charge on any atom is 0.243 e. The van der Waals surface area contributed by atoms with Gasteiger partial charge in [0.05, 0.1) is 29.5 Å². The highest BCUT2D eigenvalue weighted by molar-refractivity contribution is 7.15. The minimum Gasteiger partial charge on any atom is -0.347 e. The number of fused-ring (bicyclic) bond motifs is 2. The van der Waals surface area contributed by atoms with Crippen molar-refractivity contribution in [3.63, 3.8) is 0 Å². The quantitative estimate of drug-likeness (QED) is 0.783. The highest BCUT2D eigenvalue weighted by atomic mass is 32.1. The van der Waals surface area contributed by atoms with Gasteiger partial charge in [-0.15, -0.1) is 11.3 Å². The number of aromatic nitrogens is 3. The lowest BCUT2D eigenvalue weighted by Gasteiger charge is -2.21. The van der Waals surface area contributed by atoms with Gasteiger partial charge in [0.15, 0.2) is 5.13 Å². The fourth-order valence-electron chi connectivity index (χ4n) is 2.95. The molecule has 0 saturated carbocycles. The van der Waals surface area contributed by atoms with E-state index in [-0.39, 0.29) is 11.9 Å². The van der Waals surface area contributed by atoms with Crippen LogP contribution in [-0.4, -0.2) is 26.9 Å². The van der Waals surface area contributed by atoms with Crippen molar-refractivity contribution < 1.29 is 4.79 Å². The van der Waals surface area contributed by atoms with Gasteiger partial charge in [-0.25, -0.2) is 9.97 Å². The van der Waals surface area contributed by atoms with E-state index in [1.54, 1.807) is 17.7 Å². The number of H-pyrrole nitrogens is 1. The van der Waals surface area contributed by atoms with Crippen molar-refractivity contribution in [3.8, 4) is 0 Å². The average Bonchev–Trinajstić information content (AvgIpc) is 3.11. The van der Waals surface area contributed by atoms with Crippen molar-refractivity contribution in [1.82, 2.24) is 20.3 Å². The van der Waals surface area contributed by atoms with Crippen molar-refractivity contribution in [2.24, 2.45) is 0 Å². The zero-order valence-corrected chi connectivity index (χ0v) is 12.4. The molecule has 0 fully saturated rings. The van der Waals surface area contributed by atoms with Crippen LogP contribution in [0, 0.1) is 0 Å². The molecule has 21 heavy (non-hydrogen) atoms. The van der Waals surface area contributed by atoms with Crippen LogP contribution in [0.4, 0.5) is 5.13 Å². The van der Waals surface area contributed by atoms with E-state index in [2.05, 4.69) is 25.6 Å². The smallest absolute Gasteiger partial charge is 0.243 e. The van der Waals surface area contributed by atoms with E-state index in [1.165, 1.54) is 23.4 Å². The number of nitrogens with zero attached hydrogens (tertiary/aromatic N) is 2. The number of carbonyl (C=O) groups excluding carboxylic acids is 1. The highest BCUT2D eigenvalue weighted by Crippen LogP contribution is 2.29. The van der Waals surface area contributed by atoms with Gasteiger partial charge in [0.25, 0.3) is 0 Å². The number of thiazole rings is 1. The first-order valence-electron chi connectivity index (χ1n) is 7.33. The summed E-state index contributed by atoms with van der Waals surface area (Å²) in [6.45, 7) is 0.655.